The van der Waals surface area contributed by atoms with Crippen molar-refractivity contribution in [3.63, 3.8) is 0 Å². The van der Waals surface area contributed by atoms with Crippen LogP contribution in [0.15, 0.2) is 39.2 Å². The number of hydrogen-bond donors (Lipinski definition) is 1. The predicted molar refractivity (Wildman–Crippen MR) is 96.4 cm³/mol. The third kappa shape index (κ3) is 4.46. The van der Waals surface area contributed by atoms with Gasteiger partial charge in [-0.1, -0.05) is 40.4 Å². The minimum Gasteiger partial charge on any atom is -0.465 e. The Morgan fingerprint density at radius 2 is 2.04 bits per heavy atom. The number of methoxy groups -OCH3 is 1. The van der Waals surface area contributed by atoms with Gasteiger partial charge in [0.2, 0.25) is 5.13 Å². The van der Waals surface area contributed by atoms with E-state index in [4.69, 9.17) is 4.52 Å². The lowest BCUT2D eigenvalue weighted by atomic mass is 10.1. The smallest absolute Gasteiger partial charge is 0.337 e. The highest BCUT2D eigenvalue weighted by Gasteiger charge is 2.14. The van der Waals surface area contributed by atoms with Crippen molar-refractivity contribution in [1.82, 2.24) is 15.4 Å². The maximum absolute atomic E-state index is 12.0. The van der Waals surface area contributed by atoms with E-state index in [0.29, 0.717) is 26.5 Å². The Kier molecular flexibility index (Phi) is 5.64. The van der Waals surface area contributed by atoms with Crippen molar-refractivity contribution in [3.8, 4) is 0 Å². The molecule has 2 heterocycles. The molecule has 0 aliphatic carbocycles. The van der Waals surface area contributed by atoms with Gasteiger partial charge >= 0.3 is 5.97 Å². The number of thioether (sulfide) groups is 1. The van der Waals surface area contributed by atoms with E-state index in [-0.39, 0.29) is 11.7 Å². The molecule has 10 heteroatoms. The minimum atomic E-state index is -0.395. The van der Waals surface area contributed by atoms with Gasteiger partial charge in [-0.25, -0.2) is 4.79 Å². The largest absolute Gasteiger partial charge is 0.465 e. The first kappa shape index (κ1) is 18.1. The number of nitrogens with one attached hydrogen (secondary N) is 1. The molecule has 1 aromatic carbocycles. The predicted octanol–water partition coefficient (Wildman–Crippen LogP) is 3.17. The molecule has 0 unspecified atom stereocenters. The summed E-state index contributed by atoms with van der Waals surface area (Å²) in [7, 11) is 1.35. The van der Waals surface area contributed by atoms with Crippen molar-refractivity contribution >= 4 is 40.1 Å². The van der Waals surface area contributed by atoms with E-state index in [1.165, 1.54) is 30.2 Å². The monoisotopic (exact) mass is 390 g/mol. The first-order chi connectivity index (χ1) is 12.5. The number of aromatic nitrogens is 3. The average molecular weight is 390 g/mol. The van der Waals surface area contributed by atoms with Crippen molar-refractivity contribution in [3.05, 3.63) is 52.9 Å². The maximum Gasteiger partial charge on any atom is 0.337 e. The fourth-order valence-electron chi connectivity index (χ4n) is 1.95. The number of benzene rings is 1. The molecule has 26 heavy (non-hydrogen) atoms. The van der Waals surface area contributed by atoms with E-state index in [0.717, 1.165) is 5.56 Å². The van der Waals surface area contributed by atoms with E-state index in [1.807, 2.05) is 12.1 Å². The highest BCUT2D eigenvalue weighted by atomic mass is 32.2. The van der Waals surface area contributed by atoms with Crippen LogP contribution in [0.2, 0.25) is 0 Å². The van der Waals surface area contributed by atoms with Gasteiger partial charge in [0.15, 0.2) is 10.0 Å². The lowest BCUT2D eigenvalue weighted by molar-refractivity contribution is 0.0600. The van der Waals surface area contributed by atoms with E-state index in [1.54, 1.807) is 25.1 Å². The third-order valence-corrected chi connectivity index (χ3v) is 5.27. The number of esters is 1. The summed E-state index contributed by atoms with van der Waals surface area (Å²) in [5, 5.41) is 14.7. The first-order valence-electron chi connectivity index (χ1n) is 7.43. The Morgan fingerprint density at radius 3 is 2.69 bits per heavy atom. The zero-order valence-corrected chi connectivity index (χ0v) is 15.5. The van der Waals surface area contributed by atoms with Crippen LogP contribution in [0.3, 0.4) is 0 Å². The summed E-state index contributed by atoms with van der Waals surface area (Å²) < 4.78 is 10.3. The van der Waals surface area contributed by atoms with Crippen LogP contribution in [-0.4, -0.2) is 34.3 Å². The number of amides is 1. The molecule has 0 atom stereocenters. The fraction of sp³-hybridized carbons (Fsp3) is 0.188. The number of anilines is 1. The molecule has 1 amide bonds. The molecule has 0 saturated carbocycles. The van der Waals surface area contributed by atoms with Gasteiger partial charge in [0.1, 0.15) is 5.76 Å². The molecule has 0 bridgehead atoms. The van der Waals surface area contributed by atoms with Crippen LogP contribution >= 0.6 is 23.1 Å². The molecule has 0 aliphatic rings. The number of aryl methyl sites for hydroxylation is 1. The van der Waals surface area contributed by atoms with E-state index in [2.05, 4.69) is 25.4 Å². The Hall–Kier alpha value is -2.72. The molecule has 0 saturated heterocycles. The topological polar surface area (TPSA) is 107 Å². The molecule has 8 nitrogen and oxygen atoms in total. The Balaban J connectivity index is 1.55. The third-order valence-electron chi connectivity index (χ3n) is 3.22. The summed E-state index contributed by atoms with van der Waals surface area (Å²) in [6.07, 6.45) is 0. The van der Waals surface area contributed by atoms with E-state index >= 15 is 0 Å². The Morgan fingerprint density at radius 1 is 1.27 bits per heavy atom. The molecule has 2 aromatic heterocycles. The van der Waals surface area contributed by atoms with Crippen LogP contribution in [0, 0.1) is 6.92 Å². The summed E-state index contributed by atoms with van der Waals surface area (Å²) in [5.74, 6) is 0.456. The van der Waals surface area contributed by atoms with Gasteiger partial charge in [-0.15, -0.1) is 10.2 Å². The number of carbonyl (C=O) groups is 2. The van der Waals surface area contributed by atoms with Crippen molar-refractivity contribution < 1.29 is 18.8 Å². The molecule has 1 N–H and O–H groups in total. The van der Waals surface area contributed by atoms with Gasteiger partial charge < -0.3 is 9.26 Å². The van der Waals surface area contributed by atoms with Crippen LogP contribution in [0.4, 0.5) is 5.13 Å². The van der Waals surface area contributed by atoms with Gasteiger partial charge in [0.05, 0.1) is 12.7 Å². The van der Waals surface area contributed by atoms with Crippen molar-refractivity contribution in [1.29, 1.82) is 0 Å². The quantitative estimate of drug-likeness (QED) is 0.388. The van der Waals surface area contributed by atoms with Crippen molar-refractivity contribution in [2.75, 3.05) is 12.4 Å². The average Bonchev–Trinajstić information content (AvgIpc) is 3.28. The second kappa shape index (κ2) is 8.11. The molecule has 3 aromatic rings. The maximum atomic E-state index is 12.0. The zero-order chi connectivity index (χ0) is 18.5. The molecule has 3 rings (SSSR count). The molecule has 134 valence electrons. The number of hydrogen-bond acceptors (Lipinski definition) is 9. The fourth-order valence-corrected chi connectivity index (χ4v) is 3.66. The van der Waals surface area contributed by atoms with Crippen molar-refractivity contribution in [2.45, 2.75) is 17.0 Å². The summed E-state index contributed by atoms with van der Waals surface area (Å²) in [4.78, 5) is 23.4. The van der Waals surface area contributed by atoms with Gasteiger partial charge in [0.25, 0.3) is 5.91 Å². The summed E-state index contributed by atoms with van der Waals surface area (Å²) in [5.41, 5.74) is 1.73. The van der Waals surface area contributed by atoms with Crippen LogP contribution < -0.4 is 5.32 Å². The summed E-state index contributed by atoms with van der Waals surface area (Å²) >= 11 is 2.75. The van der Waals surface area contributed by atoms with Gasteiger partial charge in [-0.05, 0) is 24.6 Å². The molecular weight excluding hydrogens is 376 g/mol. The van der Waals surface area contributed by atoms with E-state index < -0.39 is 5.91 Å². The summed E-state index contributed by atoms with van der Waals surface area (Å²) in [6, 6.07) is 8.69. The van der Waals surface area contributed by atoms with Gasteiger partial charge in [0, 0.05) is 11.8 Å². The molecule has 0 aliphatic heterocycles. The highest BCUT2D eigenvalue weighted by Crippen LogP contribution is 2.28. The summed E-state index contributed by atoms with van der Waals surface area (Å²) in [6.45, 7) is 1.71. The van der Waals surface area contributed by atoms with Crippen LogP contribution in [0.25, 0.3) is 0 Å². The zero-order valence-electron chi connectivity index (χ0n) is 13.9. The molecular formula is C16H14N4O4S2. The Bertz CT molecular complexity index is 920. The highest BCUT2D eigenvalue weighted by molar-refractivity contribution is 8.00. The van der Waals surface area contributed by atoms with Crippen molar-refractivity contribution in [2.24, 2.45) is 0 Å². The number of rotatable bonds is 6. The second-order valence-electron chi connectivity index (χ2n) is 5.13. The normalized spacial score (nSPS) is 10.5. The number of ether oxygens (including phenoxy) is 1. The molecule has 0 spiro atoms. The second-order valence-corrected chi connectivity index (χ2v) is 7.33. The Labute approximate surface area is 156 Å². The van der Waals surface area contributed by atoms with Crippen LogP contribution in [0.5, 0.6) is 0 Å². The molecule has 0 radical (unpaired) electrons. The van der Waals surface area contributed by atoms with Gasteiger partial charge in [-0.3, -0.25) is 10.1 Å². The van der Waals surface area contributed by atoms with E-state index in [9.17, 15) is 9.59 Å². The minimum absolute atomic E-state index is 0.192. The lowest BCUT2D eigenvalue weighted by Crippen LogP contribution is -2.11. The van der Waals surface area contributed by atoms with Crippen LogP contribution in [-0.2, 0) is 10.5 Å². The molecule has 0 fully saturated rings. The number of carbonyl (C=O) groups excluding carboxylic acids is 2. The SMILES string of the molecule is COC(=O)c1ccc(CSc2nnc(NC(=O)c3cc(C)on3)s2)cc1. The number of nitrogens with zero attached hydrogens (tertiary/aromatic N) is 3. The lowest BCUT2D eigenvalue weighted by Gasteiger charge is -2.01. The van der Waals surface area contributed by atoms with Crippen LogP contribution in [0.1, 0.15) is 32.2 Å². The standard InChI is InChI=1S/C16H14N4O4S2/c1-9-7-12(20-24-9)13(21)17-15-18-19-16(26-15)25-8-10-3-5-11(6-4-10)14(22)23-2/h3-7H,8H2,1-2H3,(H,17,18,21). The van der Waals surface area contributed by atoms with Gasteiger partial charge in [-0.2, -0.15) is 0 Å². The first-order valence-corrected chi connectivity index (χ1v) is 9.23.